The van der Waals surface area contributed by atoms with Crippen LogP contribution in [0.1, 0.15) is 57.8 Å². The third-order valence-electron chi connectivity index (χ3n) is 5.37. The monoisotopic (exact) mass is 278 g/mol. The van der Waals surface area contributed by atoms with Crippen LogP contribution in [0.2, 0.25) is 0 Å². The Balaban J connectivity index is 1.47. The quantitative estimate of drug-likeness (QED) is 0.622. The van der Waals surface area contributed by atoms with E-state index in [2.05, 4.69) is 9.80 Å². The van der Waals surface area contributed by atoms with Gasteiger partial charge in [-0.25, -0.2) is 4.99 Å². The molecule has 0 aromatic rings. The number of hydrogen-bond donors (Lipinski definition) is 1. The van der Waals surface area contributed by atoms with Gasteiger partial charge < -0.3 is 10.6 Å². The zero-order chi connectivity index (χ0) is 13.8. The molecule has 1 aliphatic heterocycles. The van der Waals surface area contributed by atoms with E-state index in [1.54, 1.807) is 0 Å². The van der Waals surface area contributed by atoms with E-state index in [-0.39, 0.29) is 0 Å². The van der Waals surface area contributed by atoms with Crippen molar-refractivity contribution in [3.05, 3.63) is 0 Å². The van der Waals surface area contributed by atoms with Crippen molar-refractivity contribution >= 4 is 5.96 Å². The summed E-state index contributed by atoms with van der Waals surface area (Å²) in [5, 5.41) is 0. The van der Waals surface area contributed by atoms with Crippen molar-refractivity contribution in [2.24, 2.45) is 10.7 Å². The SMILES string of the molecule is NC(=NC1CCCCC1)N1CCN(C2CCCC2)CC1. The largest absolute Gasteiger partial charge is 0.370 e. The molecule has 0 aromatic heterocycles. The summed E-state index contributed by atoms with van der Waals surface area (Å²) < 4.78 is 0. The predicted octanol–water partition coefficient (Wildman–Crippen LogP) is 2.19. The van der Waals surface area contributed by atoms with Crippen molar-refractivity contribution in [3.63, 3.8) is 0 Å². The number of nitrogens with two attached hydrogens (primary N) is 1. The summed E-state index contributed by atoms with van der Waals surface area (Å²) in [4.78, 5) is 9.77. The van der Waals surface area contributed by atoms with E-state index in [9.17, 15) is 0 Å². The summed E-state index contributed by atoms with van der Waals surface area (Å²) in [6, 6.07) is 1.35. The molecule has 3 rings (SSSR count). The maximum atomic E-state index is 6.24. The fourth-order valence-electron chi connectivity index (χ4n) is 4.06. The molecule has 4 nitrogen and oxygen atoms in total. The fourth-order valence-corrected chi connectivity index (χ4v) is 4.06. The number of rotatable bonds is 2. The van der Waals surface area contributed by atoms with Crippen molar-refractivity contribution < 1.29 is 0 Å². The topological polar surface area (TPSA) is 44.9 Å². The first-order valence-corrected chi connectivity index (χ1v) is 8.65. The van der Waals surface area contributed by atoms with Gasteiger partial charge >= 0.3 is 0 Å². The lowest BCUT2D eigenvalue weighted by Gasteiger charge is -2.38. The van der Waals surface area contributed by atoms with Crippen molar-refractivity contribution in [3.8, 4) is 0 Å². The Kier molecular flexibility index (Phi) is 4.81. The van der Waals surface area contributed by atoms with Crippen LogP contribution in [-0.2, 0) is 0 Å². The minimum absolute atomic E-state index is 0.497. The van der Waals surface area contributed by atoms with E-state index in [0.29, 0.717) is 6.04 Å². The van der Waals surface area contributed by atoms with E-state index >= 15 is 0 Å². The molecular weight excluding hydrogens is 248 g/mol. The Hall–Kier alpha value is -0.770. The van der Waals surface area contributed by atoms with Crippen LogP contribution in [0.3, 0.4) is 0 Å². The highest BCUT2D eigenvalue weighted by Crippen LogP contribution is 2.24. The number of piperazine rings is 1. The van der Waals surface area contributed by atoms with Gasteiger partial charge in [0.25, 0.3) is 0 Å². The Bertz CT molecular complexity index is 321. The first-order valence-electron chi connectivity index (χ1n) is 8.65. The van der Waals surface area contributed by atoms with E-state index in [0.717, 1.165) is 25.1 Å². The van der Waals surface area contributed by atoms with Crippen molar-refractivity contribution in [1.82, 2.24) is 9.80 Å². The number of nitrogens with zero attached hydrogens (tertiary/aromatic N) is 3. The van der Waals surface area contributed by atoms with Gasteiger partial charge in [0, 0.05) is 32.2 Å². The molecule has 0 aromatic carbocycles. The molecule has 0 unspecified atom stereocenters. The lowest BCUT2D eigenvalue weighted by molar-refractivity contribution is 0.133. The Labute approximate surface area is 123 Å². The molecule has 1 heterocycles. The van der Waals surface area contributed by atoms with Crippen LogP contribution in [0.15, 0.2) is 4.99 Å². The van der Waals surface area contributed by atoms with Gasteiger partial charge in [-0.05, 0) is 25.7 Å². The van der Waals surface area contributed by atoms with Crippen LogP contribution in [0.25, 0.3) is 0 Å². The van der Waals surface area contributed by atoms with Gasteiger partial charge in [-0.15, -0.1) is 0 Å². The first-order chi connectivity index (χ1) is 9.83. The third kappa shape index (κ3) is 3.46. The molecule has 2 saturated carbocycles. The fraction of sp³-hybridized carbons (Fsp3) is 0.938. The van der Waals surface area contributed by atoms with Gasteiger partial charge in [-0.3, -0.25) is 4.90 Å². The van der Waals surface area contributed by atoms with Crippen LogP contribution in [0.4, 0.5) is 0 Å². The highest BCUT2D eigenvalue weighted by Gasteiger charge is 2.26. The smallest absolute Gasteiger partial charge is 0.191 e. The van der Waals surface area contributed by atoms with Gasteiger partial charge in [-0.2, -0.15) is 0 Å². The average Bonchev–Trinajstić information content (AvgIpc) is 3.03. The second-order valence-electron chi connectivity index (χ2n) is 6.74. The Morgan fingerprint density at radius 2 is 1.40 bits per heavy atom. The lowest BCUT2D eigenvalue weighted by Crippen LogP contribution is -2.53. The molecule has 20 heavy (non-hydrogen) atoms. The predicted molar refractivity (Wildman–Crippen MR) is 83.9 cm³/mol. The normalized spacial score (nSPS) is 28.2. The lowest BCUT2D eigenvalue weighted by atomic mass is 9.96. The molecule has 1 saturated heterocycles. The molecule has 0 amide bonds. The molecule has 4 heteroatoms. The van der Waals surface area contributed by atoms with Gasteiger partial charge in [0.05, 0.1) is 6.04 Å². The zero-order valence-electron chi connectivity index (χ0n) is 12.8. The molecule has 3 fully saturated rings. The molecule has 3 aliphatic rings. The maximum absolute atomic E-state index is 6.24. The summed E-state index contributed by atoms with van der Waals surface area (Å²) in [7, 11) is 0. The van der Waals surface area contributed by atoms with E-state index in [4.69, 9.17) is 10.7 Å². The standard InChI is InChI=1S/C16H30N4/c17-16(18-14-6-2-1-3-7-14)20-12-10-19(11-13-20)15-8-4-5-9-15/h14-15H,1-13H2,(H2,17,18). The van der Waals surface area contributed by atoms with E-state index in [1.165, 1.54) is 70.9 Å². The van der Waals surface area contributed by atoms with Crippen LogP contribution < -0.4 is 5.73 Å². The van der Waals surface area contributed by atoms with Crippen LogP contribution in [-0.4, -0.2) is 54.0 Å². The summed E-state index contributed by atoms with van der Waals surface area (Å²) in [6.07, 6.45) is 12.2. The van der Waals surface area contributed by atoms with Gasteiger partial charge in [0.15, 0.2) is 5.96 Å². The van der Waals surface area contributed by atoms with Gasteiger partial charge in [-0.1, -0.05) is 32.1 Å². The highest BCUT2D eigenvalue weighted by atomic mass is 15.3. The summed E-state index contributed by atoms with van der Waals surface area (Å²) in [6.45, 7) is 4.48. The molecule has 0 atom stereocenters. The molecule has 0 radical (unpaired) electrons. The van der Waals surface area contributed by atoms with Crippen LogP contribution in [0.5, 0.6) is 0 Å². The Morgan fingerprint density at radius 1 is 0.800 bits per heavy atom. The average molecular weight is 278 g/mol. The molecule has 2 N–H and O–H groups in total. The molecule has 114 valence electrons. The second-order valence-corrected chi connectivity index (χ2v) is 6.74. The van der Waals surface area contributed by atoms with Gasteiger partial charge in [0.2, 0.25) is 0 Å². The third-order valence-corrected chi connectivity index (χ3v) is 5.37. The first kappa shape index (κ1) is 14.2. The molecule has 0 spiro atoms. The van der Waals surface area contributed by atoms with Crippen molar-refractivity contribution in [1.29, 1.82) is 0 Å². The summed E-state index contributed by atoms with van der Waals surface area (Å²) >= 11 is 0. The number of guanidine groups is 1. The summed E-state index contributed by atoms with van der Waals surface area (Å²) in [5.74, 6) is 0.808. The molecular formula is C16H30N4. The molecule has 0 bridgehead atoms. The van der Waals surface area contributed by atoms with E-state index < -0.39 is 0 Å². The van der Waals surface area contributed by atoms with Crippen LogP contribution in [0, 0.1) is 0 Å². The number of hydrogen-bond acceptors (Lipinski definition) is 2. The number of aliphatic imine (C=N–C) groups is 1. The van der Waals surface area contributed by atoms with E-state index in [1.807, 2.05) is 0 Å². The zero-order valence-corrected chi connectivity index (χ0v) is 12.8. The van der Waals surface area contributed by atoms with Crippen LogP contribution >= 0.6 is 0 Å². The van der Waals surface area contributed by atoms with Gasteiger partial charge in [0.1, 0.15) is 0 Å². The highest BCUT2D eigenvalue weighted by molar-refractivity contribution is 5.78. The minimum atomic E-state index is 0.497. The minimum Gasteiger partial charge on any atom is -0.370 e. The van der Waals surface area contributed by atoms with Crippen molar-refractivity contribution in [2.75, 3.05) is 26.2 Å². The molecule has 2 aliphatic carbocycles. The Morgan fingerprint density at radius 3 is 2.05 bits per heavy atom. The van der Waals surface area contributed by atoms with Crippen molar-refractivity contribution in [2.45, 2.75) is 69.9 Å². The maximum Gasteiger partial charge on any atom is 0.191 e. The second kappa shape index (κ2) is 6.79. The summed E-state index contributed by atoms with van der Waals surface area (Å²) in [5.41, 5.74) is 6.24.